The number of aliphatic hydroxyl groups is 1. The Morgan fingerprint density at radius 1 is 1.15 bits per heavy atom. The van der Waals surface area contributed by atoms with E-state index in [0.717, 1.165) is 12.8 Å². The number of halogens is 3. The molecule has 1 aromatic carbocycles. The van der Waals surface area contributed by atoms with E-state index in [2.05, 4.69) is 0 Å². The third kappa shape index (κ3) is 3.94. The molecular formula is C14H19F3N2O. The second kappa shape index (κ2) is 5.71. The minimum absolute atomic E-state index is 0.0987. The smallest absolute Gasteiger partial charge is 0.382 e. The summed E-state index contributed by atoms with van der Waals surface area (Å²) >= 11 is 0. The van der Waals surface area contributed by atoms with Crippen molar-refractivity contribution in [3.05, 3.63) is 35.9 Å². The van der Waals surface area contributed by atoms with Gasteiger partial charge in [0.15, 0.2) is 0 Å². The predicted octanol–water partition coefficient (Wildman–Crippen LogP) is 1.86. The van der Waals surface area contributed by atoms with Gasteiger partial charge >= 0.3 is 6.18 Å². The van der Waals surface area contributed by atoms with Crippen molar-refractivity contribution in [1.82, 2.24) is 4.90 Å². The standard InChI is InChI=1S/C14H19F3N2O/c15-14(16,17)10-19(12-6-7-12)9-13(20,8-18)11-4-2-1-3-5-11/h1-5,12,20H,6-10,18H2. The van der Waals surface area contributed by atoms with Crippen LogP contribution in [0.2, 0.25) is 0 Å². The van der Waals surface area contributed by atoms with E-state index in [4.69, 9.17) is 5.73 Å². The number of hydrogen-bond donors (Lipinski definition) is 2. The minimum atomic E-state index is -4.27. The fourth-order valence-electron chi connectivity index (χ4n) is 2.34. The molecule has 6 heteroatoms. The molecule has 0 aromatic heterocycles. The maximum Gasteiger partial charge on any atom is 0.401 e. The first-order valence-corrected chi connectivity index (χ1v) is 6.63. The second-order valence-corrected chi connectivity index (χ2v) is 5.35. The van der Waals surface area contributed by atoms with E-state index in [1.165, 1.54) is 4.90 Å². The molecule has 3 N–H and O–H groups in total. The Labute approximate surface area is 116 Å². The van der Waals surface area contributed by atoms with Crippen LogP contribution < -0.4 is 5.73 Å². The lowest BCUT2D eigenvalue weighted by atomic mass is 9.93. The highest BCUT2D eigenvalue weighted by molar-refractivity contribution is 5.23. The van der Waals surface area contributed by atoms with Gasteiger partial charge in [0.25, 0.3) is 0 Å². The zero-order valence-electron chi connectivity index (χ0n) is 11.1. The summed E-state index contributed by atoms with van der Waals surface area (Å²) in [7, 11) is 0. The van der Waals surface area contributed by atoms with Crippen molar-refractivity contribution in [3.8, 4) is 0 Å². The molecule has 1 unspecified atom stereocenters. The van der Waals surface area contributed by atoms with Gasteiger partial charge in [0.1, 0.15) is 5.60 Å². The molecule has 0 aliphatic heterocycles. The van der Waals surface area contributed by atoms with Crippen molar-refractivity contribution in [2.24, 2.45) is 5.73 Å². The molecule has 0 saturated heterocycles. The first-order chi connectivity index (χ1) is 9.34. The van der Waals surface area contributed by atoms with Gasteiger partial charge in [-0.15, -0.1) is 0 Å². The number of alkyl halides is 3. The summed E-state index contributed by atoms with van der Waals surface area (Å²) < 4.78 is 37.9. The number of nitrogens with two attached hydrogens (primary N) is 1. The molecule has 2 rings (SSSR count). The molecule has 3 nitrogen and oxygen atoms in total. The van der Waals surface area contributed by atoms with Gasteiger partial charge in [-0.2, -0.15) is 13.2 Å². The van der Waals surface area contributed by atoms with Gasteiger partial charge < -0.3 is 10.8 Å². The van der Waals surface area contributed by atoms with Gasteiger partial charge in [-0.1, -0.05) is 30.3 Å². The van der Waals surface area contributed by atoms with E-state index < -0.39 is 18.3 Å². The molecule has 1 aliphatic carbocycles. The molecule has 1 fully saturated rings. The van der Waals surface area contributed by atoms with Crippen LogP contribution in [0.5, 0.6) is 0 Å². The van der Waals surface area contributed by atoms with Gasteiger partial charge in [-0.05, 0) is 18.4 Å². The summed E-state index contributed by atoms with van der Waals surface area (Å²) in [5.74, 6) is 0. The minimum Gasteiger partial charge on any atom is -0.382 e. The quantitative estimate of drug-likeness (QED) is 0.840. The average molecular weight is 288 g/mol. The molecule has 20 heavy (non-hydrogen) atoms. The number of benzene rings is 1. The van der Waals surface area contributed by atoms with Crippen LogP contribution in [-0.2, 0) is 5.60 Å². The molecule has 0 bridgehead atoms. The second-order valence-electron chi connectivity index (χ2n) is 5.35. The lowest BCUT2D eigenvalue weighted by Crippen LogP contribution is -2.49. The Balaban J connectivity index is 2.14. The van der Waals surface area contributed by atoms with Crippen LogP contribution in [0.1, 0.15) is 18.4 Å². The maximum absolute atomic E-state index is 12.6. The van der Waals surface area contributed by atoms with Gasteiger partial charge in [0.2, 0.25) is 0 Å². The van der Waals surface area contributed by atoms with Crippen LogP contribution in [0, 0.1) is 0 Å². The fourth-order valence-corrected chi connectivity index (χ4v) is 2.34. The molecule has 1 saturated carbocycles. The topological polar surface area (TPSA) is 49.5 Å². The summed E-state index contributed by atoms with van der Waals surface area (Å²) in [5.41, 5.74) is 4.72. The van der Waals surface area contributed by atoms with Crippen LogP contribution >= 0.6 is 0 Å². The molecule has 1 aromatic rings. The lowest BCUT2D eigenvalue weighted by molar-refractivity contribution is -0.154. The number of rotatable bonds is 6. The van der Waals surface area contributed by atoms with Crippen LogP contribution in [0.15, 0.2) is 30.3 Å². The zero-order valence-corrected chi connectivity index (χ0v) is 11.1. The average Bonchev–Trinajstić information content (AvgIpc) is 3.21. The van der Waals surface area contributed by atoms with Crippen molar-refractivity contribution < 1.29 is 18.3 Å². The molecule has 112 valence electrons. The van der Waals surface area contributed by atoms with Gasteiger partial charge in [0, 0.05) is 19.1 Å². The van der Waals surface area contributed by atoms with E-state index in [1.807, 2.05) is 0 Å². The Morgan fingerprint density at radius 3 is 2.20 bits per heavy atom. The molecule has 1 aliphatic rings. The first-order valence-electron chi connectivity index (χ1n) is 6.63. The monoisotopic (exact) mass is 288 g/mol. The number of nitrogens with zero attached hydrogens (tertiary/aromatic N) is 1. The number of hydrogen-bond acceptors (Lipinski definition) is 3. The Hall–Kier alpha value is -1.11. The van der Waals surface area contributed by atoms with Crippen molar-refractivity contribution in [2.75, 3.05) is 19.6 Å². The largest absolute Gasteiger partial charge is 0.401 e. The molecular weight excluding hydrogens is 269 g/mol. The van der Waals surface area contributed by atoms with Crippen molar-refractivity contribution in [2.45, 2.75) is 30.7 Å². The van der Waals surface area contributed by atoms with Crippen molar-refractivity contribution in [1.29, 1.82) is 0 Å². The van der Waals surface area contributed by atoms with Crippen LogP contribution in [0.3, 0.4) is 0 Å². The van der Waals surface area contributed by atoms with Crippen LogP contribution in [0.25, 0.3) is 0 Å². The molecule has 0 heterocycles. The van der Waals surface area contributed by atoms with Crippen LogP contribution in [-0.4, -0.2) is 41.9 Å². The van der Waals surface area contributed by atoms with Crippen LogP contribution in [0.4, 0.5) is 13.2 Å². The SMILES string of the molecule is NCC(O)(CN(CC(F)(F)F)C1CC1)c1ccccc1. The van der Waals surface area contributed by atoms with E-state index in [0.29, 0.717) is 5.56 Å². The molecule has 0 radical (unpaired) electrons. The molecule has 0 amide bonds. The third-order valence-electron chi connectivity index (χ3n) is 3.56. The van der Waals surface area contributed by atoms with Gasteiger partial charge in [-0.25, -0.2) is 0 Å². The lowest BCUT2D eigenvalue weighted by Gasteiger charge is -2.34. The normalized spacial score (nSPS) is 19.1. The van der Waals surface area contributed by atoms with Gasteiger partial charge in [-0.3, -0.25) is 4.90 Å². The third-order valence-corrected chi connectivity index (χ3v) is 3.56. The predicted molar refractivity (Wildman–Crippen MR) is 70.0 cm³/mol. The highest BCUT2D eigenvalue weighted by atomic mass is 19.4. The first kappa shape index (κ1) is 15.3. The van der Waals surface area contributed by atoms with Crippen molar-refractivity contribution in [3.63, 3.8) is 0 Å². The summed E-state index contributed by atoms with van der Waals surface area (Å²) in [6.07, 6.45) is -2.79. The summed E-state index contributed by atoms with van der Waals surface area (Å²) in [4.78, 5) is 1.29. The van der Waals surface area contributed by atoms with E-state index in [-0.39, 0.29) is 19.1 Å². The van der Waals surface area contributed by atoms with Gasteiger partial charge in [0.05, 0.1) is 6.54 Å². The van der Waals surface area contributed by atoms with E-state index >= 15 is 0 Å². The zero-order chi connectivity index (χ0) is 14.8. The summed E-state index contributed by atoms with van der Waals surface area (Å²) in [6.45, 7) is -1.22. The summed E-state index contributed by atoms with van der Waals surface area (Å²) in [6, 6.07) is 8.53. The van der Waals surface area contributed by atoms with E-state index in [9.17, 15) is 18.3 Å². The van der Waals surface area contributed by atoms with Crippen molar-refractivity contribution >= 4 is 0 Å². The Kier molecular flexibility index (Phi) is 4.36. The molecule has 1 atom stereocenters. The highest BCUT2D eigenvalue weighted by Crippen LogP contribution is 2.33. The highest BCUT2D eigenvalue weighted by Gasteiger charge is 2.42. The summed E-state index contributed by atoms with van der Waals surface area (Å²) in [5, 5.41) is 10.6. The maximum atomic E-state index is 12.6. The fraction of sp³-hybridized carbons (Fsp3) is 0.571. The Bertz CT molecular complexity index is 434. The van der Waals surface area contributed by atoms with E-state index in [1.54, 1.807) is 30.3 Å². The molecule has 0 spiro atoms. The Morgan fingerprint density at radius 2 is 1.75 bits per heavy atom.